The lowest BCUT2D eigenvalue weighted by Crippen LogP contribution is -2.53. The van der Waals surface area contributed by atoms with Gasteiger partial charge in [0.15, 0.2) is 0 Å². The molecule has 0 unspecified atom stereocenters. The number of hydrogen-bond acceptors (Lipinski definition) is 5. The molecule has 5 heteroatoms. The lowest BCUT2D eigenvalue weighted by molar-refractivity contribution is -0.0956. The van der Waals surface area contributed by atoms with E-state index < -0.39 is 18.3 Å². The maximum atomic E-state index is 9.43. The van der Waals surface area contributed by atoms with Gasteiger partial charge < -0.3 is 25.8 Å². The minimum Gasteiger partial charge on any atom is -0.390 e. The van der Waals surface area contributed by atoms with Gasteiger partial charge in [-0.2, -0.15) is 0 Å². The van der Waals surface area contributed by atoms with E-state index >= 15 is 0 Å². The Labute approximate surface area is 69.8 Å². The van der Waals surface area contributed by atoms with Gasteiger partial charge in [0.25, 0.3) is 0 Å². The van der Waals surface area contributed by atoms with E-state index in [4.69, 9.17) is 10.5 Å². The maximum absolute atomic E-state index is 9.43. The van der Waals surface area contributed by atoms with Crippen LogP contribution in [-0.2, 0) is 4.74 Å². The normalized spacial score (nSPS) is 58.0. The summed E-state index contributed by atoms with van der Waals surface area (Å²) in [7, 11) is 0. The zero-order valence-corrected chi connectivity index (χ0v) is 6.50. The van der Waals surface area contributed by atoms with E-state index in [1.165, 1.54) is 0 Å². The zero-order valence-electron chi connectivity index (χ0n) is 6.50. The van der Waals surface area contributed by atoms with Gasteiger partial charge in [0.1, 0.15) is 18.3 Å². The lowest BCUT2D eigenvalue weighted by atomic mass is 9.83. The van der Waals surface area contributed by atoms with E-state index in [0.717, 1.165) is 0 Å². The average molecular weight is 175 g/mol. The first-order valence-electron chi connectivity index (χ1n) is 4.06. The molecule has 5 nitrogen and oxygen atoms in total. The molecule has 2 fully saturated rings. The highest BCUT2D eigenvalue weighted by Gasteiger charge is 2.59. The largest absolute Gasteiger partial charge is 0.390 e. The Kier molecular flexibility index (Phi) is 1.85. The van der Waals surface area contributed by atoms with Crippen molar-refractivity contribution in [1.29, 1.82) is 0 Å². The number of ether oxygens (including phenoxy) is 1. The molecular formula is C7H13NO4. The molecule has 0 radical (unpaired) electrons. The summed E-state index contributed by atoms with van der Waals surface area (Å²) in [4.78, 5) is 0. The van der Waals surface area contributed by atoms with Crippen LogP contribution in [0.1, 0.15) is 0 Å². The summed E-state index contributed by atoms with van der Waals surface area (Å²) in [5.74, 6) is -0.242. The van der Waals surface area contributed by atoms with Crippen molar-refractivity contribution in [3.05, 3.63) is 0 Å². The summed E-state index contributed by atoms with van der Waals surface area (Å²) in [6.07, 6.45) is -3.54. The second kappa shape index (κ2) is 2.65. The minimum atomic E-state index is -1.12. The summed E-state index contributed by atoms with van der Waals surface area (Å²) < 4.78 is 5.08. The monoisotopic (exact) mass is 175 g/mol. The Morgan fingerprint density at radius 2 is 1.67 bits per heavy atom. The SMILES string of the molecule is NC[C@@H]1[C@@H](O)[C@H](O)[C@@H](O)[C@@H]2O[C@H]12. The van der Waals surface area contributed by atoms with Crippen molar-refractivity contribution in [1.82, 2.24) is 0 Å². The Hall–Kier alpha value is -0.200. The second-order valence-electron chi connectivity index (χ2n) is 3.44. The van der Waals surface area contributed by atoms with Crippen molar-refractivity contribution in [3.8, 4) is 0 Å². The van der Waals surface area contributed by atoms with E-state index in [9.17, 15) is 15.3 Å². The van der Waals surface area contributed by atoms with Crippen LogP contribution in [0.3, 0.4) is 0 Å². The fourth-order valence-corrected chi connectivity index (χ4v) is 1.87. The highest BCUT2D eigenvalue weighted by atomic mass is 16.6. The molecular weight excluding hydrogens is 162 g/mol. The highest BCUT2D eigenvalue weighted by molar-refractivity contribution is 5.07. The van der Waals surface area contributed by atoms with E-state index in [1.54, 1.807) is 0 Å². The van der Waals surface area contributed by atoms with Crippen LogP contribution in [0.5, 0.6) is 0 Å². The van der Waals surface area contributed by atoms with Crippen LogP contribution in [-0.4, -0.2) is 52.4 Å². The average Bonchev–Trinajstić information content (AvgIpc) is 2.81. The van der Waals surface area contributed by atoms with Crippen LogP contribution in [0.4, 0.5) is 0 Å². The van der Waals surface area contributed by atoms with Gasteiger partial charge in [-0.05, 0) is 0 Å². The predicted octanol–water partition coefficient (Wildman–Crippen LogP) is -2.57. The fraction of sp³-hybridized carbons (Fsp3) is 1.00. The van der Waals surface area contributed by atoms with Crippen LogP contribution in [0.25, 0.3) is 0 Å². The molecule has 1 saturated carbocycles. The molecule has 70 valence electrons. The van der Waals surface area contributed by atoms with Crippen LogP contribution in [0.15, 0.2) is 0 Å². The van der Waals surface area contributed by atoms with Crippen LogP contribution >= 0.6 is 0 Å². The van der Waals surface area contributed by atoms with E-state index in [-0.39, 0.29) is 24.7 Å². The number of epoxide rings is 1. The van der Waals surface area contributed by atoms with Gasteiger partial charge in [0, 0.05) is 12.5 Å². The fourth-order valence-electron chi connectivity index (χ4n) is 1.87. The molecule has 1 heterocycles. The number of fused-ring (bicyclic) bond motifs is 1. The van der Waals surface area contributed by atoms with Gasteiger partial charge in [0.05, 0.1) is 12.2 Å². The molecule has 0 aromatic rings. The van der Waals surface area contributed by atoms with Crippen molar-refractivity contribution in [2.24, 2.45) is 11.7 Å². The number of hydrogen-bond donors (Lipinski definition) is 4. The van der Waals surface area contributed by atoms with Gasteiger partial charge >= 0.3 is 0 Å². The molecule has 0 bridgehead atoms. The lowest BCUT2D eigenvalue weighted by Gasteiger charge is -2.31. The summed E-state index contributed by atoms with van der Waals surface area (Å²) in [5, 5.41) is 28.0. The van der Waals surface area contributed by atoms with Crippen molar-refractivity contribution >= 4 is 0 Å². The third kappa shape index (κ3) is 0.982. The predicted molar refractivity (Wildman–Crippen MR) is 39.2 cm³/mol. The van der Waals surface area contributed by atoms with Crippen molar-refractivity contribution in [2.75, 3.05) is 6.54 Å². The number of rotatable bonds is 1. The van der Waals surface area contributed by atoms with Crippen molar-refractivity contribution < 1.29 is 20.1 Å². The Balaban J connectivity index is 2.11. The first-order chi connectivity index (χ1) is 5.66. The van der Waals surface area contributed by atoms with Gasteiger partial charge in [-0.25, -0.2) is 0 Å². The summed E-state index contributed by atoms with van der Waals surface area (Å²) in [5.41, 5.74) is 5.39. The molecule has 5 N–H and O–H groups in total. The molecule has 1 aliphatic heterocycles. The number of aliphatic hydroxyl groups excluding tert-OH is 3. The molecule has 0 spiro atoms. The zero-order chi connectivity index (χ0) is 8.88. The smallest absolute Gasteiger partial charge is 0.113 e. The van der Waals surface area contributed by atoms with Crippen molar-refractivity contribution in [2.45, 2.75) is 30.5 Å². The molecule has 12 heavy (non-hydrogen) atoms. The number of nitrogens with two attached hydrogens (primary N) is 1. The van der Waals surface area contributed by atoms with Crippen LogP contribution in [0.2, 0.25) is 0 Å². The summed E-state index contributed by atoms with van der Waals surface area (Å²) in [6, 6.07) is 0. The second-order valence-corrected chi connectivity index (χ2v) is 3.44. The van der Waals surface area contributed by atoms with Gasteiger partial charge in [0.2, 0.25) is 0 Å². The van der Waals surface area contributed by atoms with E-state index in [0.29, 0.717) is 0 Å². The van der Waals surface area contributed by atoms with Gasteiger partial charge in [-0.1, -0.05) is 0 Å². The van der Waals surface area contributed by atoms with Crippen LogP contribution in [0, 0.1) is 5.92 Å². The Morgan fingerprint density at radius 3 is 2.25 bits per heavy atom. The summed E-state index contributed by atoms with van der Waals surface area (Å²) >= 11 is 0. The summed E-state index contributed by atoms with van der Waals surface area (Å²) in [6.45, 7) is 0.270. The van der Waals surface area contributed by atoms with Crippen molar-refractivity contribution in [3.63, 3.8) is 0 Å². The van der Waals surface area contributed by atoms with Gasteiger partial charge in [-0.15, -0.1) is 0 Å². The first kappa shape index (κ1) is 8.40. The molecule has 2 aliphatic rings. The van der Waals surface area contributed by atoms with E-state index in [2.05, 4.69) is 0 Å². The topological polar surface area (TPSA) is 99.2 Å². The number of aliphatic hydroxyl groups is 3. The standard InChI is InChI=1S/C7H13NO4/c8-1-2-3(9)4(10)5(11)7-6(2)12-7/h2-7,9-11H,1,8H2/t2-,3-,4+,5-,6-,7+/m1/s1. The molecule has 0 aromatic heterocycles. The Bertz CT molecular complexity index is 188. The molecule has 1 aliphatic carbocycles. The molecule has 0 aromatic carbocycles. The quantitative estimate of drug-likeness (QED) is 0.328. The third-order valence-corrected chi connectivity index (χ3v) is 2.73. The third-order valence-electron chi connectivity index (χ3n) is 2.73. The molecule has 6 atom stereocenters. The molecule has 2 rings (SSSR count). The van der Waals surface area contributed by atoms with Crippen LogP contribution < -0.4 is 5.73 Å². The maximum Gasteiger partial charge on any atom is 0.113 e. The highest BCUT2D eigenvalue weighted by Crippen LogP contribution is 2.40. The van der Waals surface area contributed by atoms with Gasteiger partial charge in [-0.3, -0.25) is 0 Å². The molecule has 0 amide bonds. The van der Waals surface area contributed by atoms with E-state index in [1.807, 2.05) is 0 Å². The Morgan fingerprint density at radius 1 is 1.00 bits per heavy atom. The minimum absolute atomic E-state index is 0.164. The first-order valence-corrected chi connectivity index (χ1v) is 4.06. The molecule has 1 saturated heterocycles.